The lowest BCUT2D eigenvalue weighted by molar-refractivity contribution is -0.169. The number of nitrogens with two attached hydrogens (primary N) is 1. The molecule has 0 radical (unpaired) electrons. The van der Waals surface area contributed by atoms with Gasteiger partial charge >= 0.3 is 0 Å². The standard InChI is InChI=1S/C9H17NO/c10-7-8(3-1-4-8)9(11)5-2-6-9/h11H,1-7,10H2. The Bertz CT molecular complexity index is 153. The number of hydrogen-bond acceptors (Lipinski definition) is 2. The van der Waals surface area contributed by atoms with E-state index in [9.17, 15) is 5.11 Å². The van der Waals surface area contributed by atoms with Gasteiger partial charge in [0.05, 0.1) is 5.60 Å². The van der Waals surface area contributed by atoms with Gasteiger partial charge in [-0.3, -0.25) is 0 Å². The zero-order valence-corrected chi connectivity index (χ0v) is 6.97. The fraction of sp³-hybridized carbons (Fsp3) is 1.00. The van der Waals surface area contributed by atoms with Gasteiger partial charge in [-0.15, -0.1) is 0 Å². The summed E-state index contributed by atoms with van der Waals surface area (Å²) in [4.78, 5) is 0. The Hall–Kier alpha value is -0.0800. The summed E-state index contributed by atoms with van der Waals surface area (Å²) in [6.07, 6.45) is 6.74. The molecular weight excluding hydrogens is 138 g/mol. The Morgan fingerprint density at radius 1 is 1.09 bits per heavy atom. The number of rotatable bonds is 2. The van der Waals surface area contributed by atoms with E-state index in [2.05, 4.69) is 0 Å². The molecule has 2 fully saturated rings. The summed E-state index contributed by atoms with van der Waals surface area (Å²) < 4.78 is 0. The van der Waals surface area contributed by atoms with Crippen molar-refractivity contribution in [3.05, 3.63) is 0 Å². The van der Waals surface area contributed by atoms with Crippen molar-refractivity contribution in [3.63, 3.8) is 0 Å². The van der Waals surface area contributed by atoms with Crippen molar-refractivity contribution in [2.24, 2.45) is 11.1 Å². The van der Waals surface area contributed by atoms with Gasteiger partial charge in [0.15, 0.2) is 0 Å². The molecule has 0 saturated heterocycles. The van der Waals surface area contributed by atoms with Crippen molar-refractivity contribution in [1.29, 1.82) is 0 Å². The van der Waals surface area contributed by atoms with Gasteiger partial charge in [0, 0.05) is 12.0 Å². The topological polar surface area (TPSA) is 46.2 Å². The summed E-state index contributed by atoms with van der Waals surface area (Å²) in [5.74, 6) is 0. The van der Waals surface area contributed by atoms with E-state index in [-0.39, 0.29) is 11.0 Å². The highest BCUT2D eigenvalue weighted by Crippen LogP contribution is 2.56. The van der Waals surface area contributed by atoms with Crippen molar-refractivity contribution in [3.8, 4) is 0 Å². The molecule has 0 aromatic rings. The third-order valence-corrected chi connectivity index (χ3v) is 3.87. The molecule has 0 aliphatic heterocycles. The first kappa shape index (κ1) is 7.56. The molecule has 2 rings (SSSR count). The predicted molar refractivity (Wildman–Crippen MR) is 44.1 cm³/mol. The van der Waals surface area contributed by atoms with Crippen LogP contribution in [0.3, 0.4) is 0 Å². The minimum absolute atomic E-state index is 0.130. The molecule has 0 bridgehead atoms. The van der Waals surface area contributed by atoms with Gasteiger partial charge < -0.3 is 10.8 Å². The molecule has 11 heavy (non-hydrogen) atoms. The van der Waals surface area contributed by atoms with Gasteiger partial charge in [0.1, 0.15) is 0 Å². The van der Waals surface area contributed by atoms with Crippen LogP contribution in [0.5, 0.6) is 0 Å². The van der Waals surface area contributed by atoms with E-state index in [1.54, 1.807) is 0 Å². The first-order valence-electron chi connectivity index (χ1n) is 4.65. The van der Waals surface area contributed by atoms with Crippen LogP contribution < -0.4 is 5.73 Å². The fourth-order valence-corrected chi connectivity index (χ4v) is 2.51. The van der Waals surface area contributed by atoms with Crippen LogP contribution >= 0.6 is 0 Å². The quantitative estimate of drug-likeness (QED) is 0.625. The summed E-state index contributed by atoms with van der Waals surface area (Å²) in [5, 5.41) is 10.1. The van der Waals surface area contributed by atoms with Crippen LogP contribution in [0.1, 0.15) is 38.5 Å². The maximum Gasteiger partial charge on any atom is 0.0715 e. The van der Waals surface area contributed by atoms with Crippen LogP contribution in [0.25, 0.3) is 0 Å². The molecule has 0 atom stereocenters. The lowest BCUT2D eigenvalue weighted by Crippen LogP contribution is -2.60. The second kappa shape index (κ2) is 2.20. The summed E-state index contributed by atoms with van der Waals surface area (Å²) in [6, 6.07) is 0. The van der Waals surface area contributed by atoms with Gasteiger partial charge in [0.2, 0.25) is 0 Å². The van der Waals surface area contributed by atoms with Crippen molar-refractivity contribution in [2.45, 2.75) is 44.1 Å². The molecule has 0 aromatic carbocycles. The zero-order chi connectivity index (χ0) is 7.95. The minimum atomic E-state index is -0.361. The maximum absolute atomic E-state index is 10.1. The maximum atomic E-state index is 10.1. The highest BCUT2D eigenvalue weighted by atomic mass is 16.3. The van der Waals surface area contributed by atoms with Gasteiger partial charge in [-0.25, -0.2) is 0 Å². The van der Waals surface area contributed by atoms with E-state index in [0.29, 0.717) is 6.54 Å². The SMILES string of the molecule is NCC1(C2(O)CCC2)CCC1. The minimum Gasteiger partial charge on any atom is -0.389 e. The molecule has 0 unspecified atom stereocenters. The van der Waals surface area contributed by atoms with Gasteiger partial charge in [-0.2, -0.15) is 0 Å². The summed E-state index contributed by atoms with van der Waals surface area (Å²) >= 11 is 0. The predicted octanol–water partition coefficient (Wildman–Crippen LogP) is 1.03. The van der Waals surface area contributed by atoms with Crippen LogP contribution in [-0.4, -0.2) is 17.3 Å². The highest BCUT2D eigenvalue weighted by Gasteiger charge is 2.55. The molecule has 3 N–H and O–H groups in total. The van der Waals surface area contributed by atoms with Gasteiger partial charge in [-0.1, -0.05) is 6.42 Å². The molecule has 64 valence electrons. The van der Waals surface area contributed by atoms with Crippen molar-refractivity contribution >= 4 is 0 Å². The molecule has 2 saturated carbocycles. The lowest BCUT2D eigenvalue weighted by atomic mass is 9.52. The zero-order valence-electron chi connectivity index (χ0n) is 6.97. The Morgan fingerprint density at radius 2 is 1.64 bits per heavy atom. The lowest BCUT2D eigenvalue weighted by Gasteiger charge is -2.57. The normalized spacial score (nSPS) is 32.2. The third-order valence-electron chi connectivity index (χ3n) is 3.87. The van der Waals surface area contributed by atoms with Gasteiger partial charge in [-0.05, 0) is 32.1 Å². The second-order valence-electron chi connectivity index (χ2n) is 4.22. The first-order chi connectivity index (χ1) is 5.22. The third kappa shape index (κ3) is 0.798. The van der Waals surface area contributed by atoms with Crippen molar-refractivity contribution < 1.29 is 5.11 Å². The van der Waals surface area contributed by atoms with Gasteiger partial charge in [0.25, 0.3) is 0 Å². The Kier molecular flexibility index (Phi) is 1.52. The smallest absolute Gasteiger partial charge is 0.0715 e. The van der Waals surface area contributed by atoms with E-state index in [1.165, 1.54) is 12.8 Å². The van der Waals surface area contributed by atoms with E-state index in [1.807, 2.05) is 0 Å². The van der Waals surface area contributed by atoms with E-state index in [4.69, 9.17) is 5.73 Å². The average Bonchev–Trinajstić information content (AvgIpc) is 1.83. The van der Waals surface area contributed by atoms with Crippen molar-refractivity contribution in [1.82, 2.24) is 0 Å². The molecule has 0 amide bonds. The molecule has 2 aliphatic rings. The fourth-order valence-electron chi connectivity index (χ4n) is 2.51. The van der Waals surface area contributed by atoms with Crippen LogP contribution in [-0.2, 0) is 0 Å². The van der Waals surface area contributed by atoms with Crippen LogP contribution in [0.2, 0.25) is 0 Å². The summed E-state index contributed by atoms with van der Waals surface area (Å²) in [6.45, 7) is 0.684. The van der Waals surface area contributed by atoms with E-state index < -0.39 is 0 Å². The molecule has 0 aromatic heterocycles. The van der Waals surface area contributed by atoms with E-state index in [0.717, 1.165) is 25.7 Å². The molecule has 2 nitrogen and oxygen atoms in total. The van der Waals surface area contributed by atoms with Crippen LogP contribution in [0, 0.1) is 5.41 Å². The molecular formula is C9H17NO. The molecule has 2 aliphatic carbocycles. The van der Waals surface area contributed by atoms with E-state index >= 15 is 0 Å². The second-order valence-corrected chi connectivity index (χ2v) is 4.22. The Morgan fingerprint density at radius 3 is 1.73 bits per heavy atom. The number of hydrogen-bond donors (Lipinski definition) is 2. The van der Waals surface area contributed by atoms with Crippen LogP contribution in [0.4, 0.5) is 0 Å². The number of aliphatic hydroxyl groups is 1. The van der Waals surface area contributed by atoms with Crippen LogP contribution in [0.15, 0.2) is 0 Å². The highest BCUT2D eigenvalue weighted by molar-refractivity contribution is 5.08. The molecule has 0 spiro atoms. The monoisotopic (exact) mass is 155 g/mol. The largest absolute Gasteiger partial charge is 0.389 e. The summed E-state index contributed by atoms with van der Waals surface area (Å²) in [7, 11) is 0. The molecule has 0 heterocycles. The Balaban J connectivity index is 2.10. The Labute approximate surface area is 67.8 Å². The average molecular weight is 155 g/mol. The molecule has 2 heteroatoms. The summed E-state index contributed by atoms with van der Waals surface area (Å²) in [5.41, 5.74) is 5.47. The first-order valence-corrected chi connectivity index (χ1v) is 4.65. The van der Waals surface area contributed by atoms with Crippen molar-refractivity contribution in [2.75, 3.05) is 6.54 Å².